The minimum atomic E-state index is -0.577. The second kappa shape index (κ2) is 8.70. The second-order valence-electron chi connectivity index (χ2n) is 8.89. The molecule has 0 spiro atoms. The van der Waals surface area contributed by atoms with Crippen molar-refractivity contribution in [2.75, 3.05) is 14.2 Å². The quantitative estimate of drug-likeness (QED) is 0.680. The fourth-order valence-corrected chi connectivity index (χ4v) is 6.26. The highest BCUT2D eigenvalue weighted by molar-refractivity contribution is 8.01. The first-order valence-electron chi connectivity index (χ1n) is 10.9. The van der Waals surface area contributed by atoms with E-state index in [1.54, 1.807) is 23.8 Å². The van der Waals surface area contributed by atoms with Crippen molar-refractivity contribution in [3.05, 3.63) is 59.2 Å². The van der Waals surface area contributed by atoms with Gasteiger partial charge in [0.15, 0.2) is 11.5 Å². The van der Waals surface area contributed by atoms with Gasteiger partial charge in [-0.1, -0.05) is 36.4 Å². The van der Waals surface area contributed by atoms with Crippen molar-refractivity contribution >= 4 is 23.6 Å². The highest BCUT2D eigenvalue weighted by atomic mass is 32.2. The predicted molar refractivity (Wildman–Crippen MR) is 126 cm³/mol. The molecule has 2 aromatic carbocycles. The molecule has 2 amide bonds. The predicted octanol–water partition coefficient (Wildman–Crippen LogP) is 4.19. The normalized spacial score (nSPS) is 21.7. The van der Waals surface area contributed by atoms with E-state index in [2.05, 4.69) is 17.4 Å². The number of aryl methyl sites for hydroxylation is 1. The third kappa shape index (κ3) is 3.83. The van der Waals surface area contributed by atoms with Crippen LogP contribution in [0, 0.1) is 0 Å². The number of hydrogen-bond acceptors (Lipinski definition) is 5. The lowest BCUT2D eigenvalue weighted by Gasteiger charge is -2.30. The van der Waals surface area contributed by atoms with E-state index in [1.165, 1.54) is 12.7 Å². The number of benzene rings is 2. The van der Waals surface area contributed by atoms with Crippen LogP contribution in [0.4, 0.5) is 0 Å². The third-order valence-corrected chi connectivity index (χ3v) is 7.78. The van der Waals surface area contributed by atoms with Gasteiger partial charge in [0.05, 0.1) is 19.8 Å². The van der Waals surface area contributed by atoms with Crippen molar-refractivity contribution in [2.45, 2.75) is 55.8 Å². The van der Waals surface area contributed by atoms with Gasteiger partial charge in [0.25, 0.3) is 5.91 Å². The van der Waals surface area contributed by atoms with Gasteiger partial charge < -0.3 is 19.7 Å². The number of nitrogens with zero attached hydrogens (tertiary/aromatic N) is 1. The zero-order chi connectivity index (χ0) is 23.0. The maximum absolute atomic E-state index is 13.5. The van der Waals surface area contributed by atoms with Gasteiger partial charge in [0, 0.05) is 16.4 Å². The van der Waals surface area contributed by atoms with Crippen LogP contribution < -0.4 is 14.8 Å². The lowest BCUT2D eigenvalue weighted by molar-refractivity contribution is -0.126. The molecule has 2 aliphatic heterocycles. The Hall–Kier alpha value is -2.67. The van der Waals surface area contributed by atoms with Gasteiger partial charge in [-0.15, -0.1) is 11.8 Å². The summed E-state index contributed by atoms with van der Waals surface area (Å²) in [6.07, 6.45) is 1.72. The van der Waals surface area contributed by atoms with E-state index in [4.69, 9.17) is 9.47 Å². The molecule has 2 heterocycles. The number of ether oxygens (including phenoxy) is 2. The summed E-state index contributed by atoms with van der Waals surface area (Å²) in [5.41, 5.74) is 2.62. The molecule has 2 aromatic rings. The number of amides is 2. The summed E-state index contributed by atoms with van der Waals surface area (Å²) in [6, 6.07) is 13.4. The summed E-state index contributed by atoms with van der Waals surface area (Å²) in [5, 5.41) is 2.94. The molecule has 3 atom stereocenters. The molecular weight excluding hydrogens is 424 g/mol. The molecule has 0 aromatic heterocycles. The van der Waals surface area contributed by atoms with Crippen molar-refractivity contribution in [2.24, 2.45) is 0 Å². The molecule has 6 nitrogen and oxygen atoms in total. The summed E-state index contributed by atoms with van der Waals surface area (Å²) in [7, 11) is 3.08. The Morgan fingerprint density at radius 1 is 1.16 bits per heavy atom. The van der Waals surface area contributed by atoms with Gasteiger partial charge in [-0.25, -0.2) is 0 Å². The number of carbonyl (C=O) groups is 2. The number of rotatable bonds is 7. The number of hydrogen-bond donors (Lipinski definition) is 1. The number of carbonyl (C=O) groups excluding carboxylic acids is 2. The molecule has 0 bridgehead atoms. The SMILES string of the molecule is COc1ccc2c(c1OC)C(=O)N1C2SC(C)(C)[C@H]1C(=O)NC(C)CCc1ccccc1. The van der Waals surface area contributed by atoms with E-state index >= 15 is 0 Å². The summed E-state index contributed by atoms with van der Waals surface area (Å²) < 4.78 is 10.5. The van der Waals surface area contributed by atoms with Gasteiger partial charge in [-0.05, 0) is 45.2 Å². The number of thioether (sulfide) groups is 1. The molecule has 1 fully saturated rings. The number of fused-ring (bicyclic) bond motifs is 3. The highest BCUT2D eigenvalue weighted by Gasteiger charge is 2.58. The zero-order valence-corrected chi connectivity index (χ0v) is 20.0. The van der Waals surface area contributed by atoms with Gasteiger partial charge in [-0.2, -0.15) is 0 Å². The van der Waals surface area contributed by atoms with Crippen LogP contribution in [0.5, 0.6) is 11.5 Å². The highest BCUT2D eigenvalue weighted by Crippen LogP contribution is 2.58. The maximum atomic E-state index is 13.5. The first-order chi connectivity index (χ1) is 15.3. The molecule has 2 unspecified atom stereocenters. The van der Waals surface area contributed by atoms with Gasteiger partial charge in [0.2, 0.25) is 5.91 Å². The molecule has 1 saturated heterocycles. The Balaban J connectivity index is 1.54. The topological polar surface area (TPSA) is 67.9 Å². The van der Waals surface area contributed by atoms with Crippen molar-refractivity contribution in [3.63, 3.8) is 0 Å². The summed E-state index contributed by atoms with van der Waals surface area (Å²) in [4.78, 5) is 28.7. The Morgan fingerprint density at radius 3 is 2.53 bits per heavy atom. The molecule has 32 heavy (non-hydrogen) atoms. The Kier molecular flexibility index (Phi) is 6.12. The van der Waals surface area contributed by atoms with Crippen LogP contribution in [0.3, 0.4) is 0 Å². The first-order valence-corrected chi connectivity index (χ1v) is 11.8. The van der Waals surface area contributed by atoms with E-state index in [-0.39, 0.29) is 23.2 Å². The molecule has 170 valence electrons. The fourth-order valence-electron chi connectivity index (χ4n) is 4.68. The van der Waals surface area contributed by atoms with Crippen LogP contribution >= 0.6 is 11.8 Å². The minimum Gasteiger partial charge on any atom is -0.493 e. The molecule has 0 saturated carbocycles. The number of nitrogens with one attached hydrogen (secondary N) is 1. The average Bonchev–Trinajstić information content (AvgIpc) is 3.21. The summed E-state index contributed by atoms with van der Waals surface area (Å²) in [6.45, 7) is 6.08. The van der Waals surface area contributed by atoms with E-state index in [9.17, 15) is 9.59 Å². The van der Waals surface area contributed by atoms with E-state index in [1.807, 2.05) is 51.1 Å². The monoisotopic (exact) mass is 454 g/mol. The van der Waals surface area contributed by atoms with Gasteiger partial charge in [0.1, 0.15) is 11.4 Å². The maximum Gasteiger partial charge on any atom is 0.260 e. The van der Waals surface area contributed by atoms with Crippen LogP contribution in [-0.4, -0.2) is 47.8 Å². The largest absolute Gasteiger partial charge is 0.493 e. The Morgan fingerprint density at radius 2 is 1.88 bits per heavy atom. The van der Waals surface area contributed by atoms with E-state index in [0.717, 1.165) is 18.4 Å². The number of methoxy groups -OCH3 is 2. The lowest BCUT2D eigenvalue weighted by Crippen LogP contribution is -2.54. The standard InChI is InChI=1S/C25H30N2O4S/c1-15(11-12-16-9-7-6-8-10-16)26-22(28)21-25(2,3)32-24-17-13-14-18(30-4)20(31-5)19(17)23(29)27(21)24/h6-10,13-15,21,24H,11-12H2,1-5H3,(H,26,28)/t15?,21-,24?/m1/s1. The van der Waals surface area contributed by atoms with Crippen molar-refractivity contribution in [3.8, 4) is 11.5 Å². The van der Waals surface area contributed by atoms with Gasteiger partial charge >= 0.3 is 0 Å². The smallest absolute Gasteiger partial charge is 0.260 e. The van der Waals surface area contributed by atoms with Crippen molar-refractivity contribution < 1.29 is 19.1 Å². The molecule has 1 N–H and O–H groups in total. The van der Waals surface area contributed by atoms with Crippen LogP contribution in [0.25, 0.3) is 0 Å². The zero-order valence-electron chi connectivity index (χ0n) is 19.2. The Labute approximate surface area is 193 Å². The van der Waals surface area contributed by atoms with Gasteiger partial charge in [-0.3, -0.25) is 9.59 Å². The van der Waals surface area contributed by atoms with Crippen molar-refractivity contribution in [1.82, 2.24) is 10.2 Å². The molecule has 0 aliphatic carbocycles. The van der Waals surface area contributed by atoms with Crippen LogP contribution in [0.1, 0.15) is 54.1 Å². The average molecular weight is 455 g/mol. The van der Waals surface area contributed by atoms with Crippen LogP contribution in [0.15, 0.2) is 42.5 Å². The fraction of sp³-hybridized carbons (Fsp3) is 0.440. The van der Waals surface area contributed by atoms with Crippen molar-refractivity contribution in [1.29, 1.82) is 0 Å². The lowest BCUT2D eigenvalue weighted by atomic mass is 9.99. The molecule has 0 radical (unpaired) electrons. The van der Waals surface area contributed by atoms with Crippen LogP contribution in [0.2, 0.25) is 0 Å². The second-order valence-corrected chi connectivity index (χ2v) is 10.6. The summed E-state index contributed by atoms with van der Waals surface area (Å²) >= 11 is 1.64. The molecular formula is C25H30N2O4S. The minimum absolute atomic E-state index is 0.00253. The van der Waals surface area contributed by atoms with E-state index in [0.29, 0.717) is 17.1 Å². The summed E-state index contributed by atoms with van der Waals surface area (Å²) in [5.74, 6) is 0.646. The van der Waals surface area contributed by atoms with E-state index < -0.39 is 10.8 Å². The third-order valence-electron chi connectivity index (χ3n) is 6.24. The Bertz CT molecular complexity index is 1020. The van der Waals surface area contributed by atoms with Crippen LogP contribution in [-0.2, 0) is 11.2 Å². The molecule has 4 rings (SSSR count). The molecule has 2 aliphatic rings. The first kappa shape index (κ1) is 22.5. The molecule has 7 heteroatoms.